The number of nitrogens with zero attached hydrogens (tertiary/aromatic N) is 6. The smallest absolute Gasteiger partial charge is 0.324 e. The van der Waals surface area contributed by atoms with Crippen molar-refractivity contribution in [3.8, 4) is 0 Å². The lowest BCUT2D eigenvalue weighted by Crippen LogP contribution is -2.37. The largest absolute Gasteiger partial charge is 0.332 e. The number of imidazole rings is 1. The van der Waals surface area contributed by atoms with Gasteiger partial charge in [-0.2, -0.15) is 5.10 Å². The van der Waals surface area contributed by atoms with Crippen LogP contribution in [0, 0.1) is 0 Å². The summed E-state index contributed by atoms with van der Waals surface area (Å²) in [4.78, 5) is 44.1. The number of hydrazone groups is 1. The van der Waals surface area contributed by atoms with Gasteiger partial charge in [0.2, 0.25) is 5.91 Å². The predicted molar refractivity (Wildman–Crippen MR) is 94.8 cm³/mol. The Kier molecular flexibility index (Phi) is 4.74. The molecule has 134 valence electrons. The van der Waals surface area contributed by atoms with Gasteiger partial charge in [0.1, 0.15) is 0 Å². The Morgan fingerprint density at radius 1 is 1.23 bits per heavy atom. The highest BCUT2D eigenvalue weighted by Crippen LogP contribution is 2.06. The summed E-state index contributed by atoms with van der Waals surface area (Å²) >= 11 is 0. The fourth-order valence-electron chi connectivity index (χ4n) is 2.47. The quantitative estimate of drug-likeness (QED) is 0.483. The molecule has 0 aliphatic rings. The van der Waals surface area contributed by atoms with E-state index in [4.69, 9.17) is 0 Å². The highest BCUT2D eigenvalue weighted by molar-refractivity contribution is 5.82. The van der Waals surface area contributed by atoms with Gasteiger partial charge >= 0.3 is 5.69 Å². The third kappa shape index (κ3) is 3.29. The van der Waals surface area contributed by atoms with Gasteiger partial charge in [0.05, 0.1) is 12.5 Å². The van der Waals surface area contributed by atoms with Gasteiger partial charge in [-0.1, -0.05) is 0 Å². The molecular weight excluding hydrogens is 338 g/mol. The van der Waals surface area contributed by atoms with Gasteiger partial charge in [-0.3, -0.25) is 23.7 Å². The minimum atomic E-state index is -0.448. The standard InChI is InChI=1S/C16H17N7O3/c1-21-14-13(15(25)22(2)16(21)26)23(10-18-14)8-5-12(24)20-19-9-11-3-6-17-7-4-11/h3-4,6-7,9-10H,5,8H2,1-2H3,(H,20,24)/b19-9-. The van der Waals surface area contributed by atoms with Crippen molar-refractivity contribution in [2.45, 2.75) is 13.0 Å². The second-order valence-electron chi connectivity index (χ2n) is 5.64. The Hall–Kier alpha value is -3.56. The average Bonchev–Trinajstić information content (AvgIpc) is 3.08. The van der Waals surface area contributed by atoms with Crippen LogP contribution < -0.4 is 16.7 Å². The van der Waals surface area contributed by atoms with Gasteiger partial charge in [0, 0.05) is 39.5 Å². The maximum absolute atomic E-state index is 12.3. The van der Waals surface area contributed by atoms with Crippen LogP contribution in [-0.4, -0.2) is 35.8 Å². The molecule has 10 nitrogen and oxygen atoms in total. The Morgan fingerprint density at radius 2 is 1.96 bits per heavy atom. The SMILES string of the molecule is Cn1c(=O)c2c(ncn2CCC(=O)N/N=C\c2ccncc2)n(C)c1=O. The van der Waals surface area contributed by atoms with E-state index in [9.17, 15) is 14.4 Å². The summed E-state index contributed by atoms with van der Waals surface area (Å²) in [7, 11) is 2.95. The minimum Gasteiger partial charge on any atom is -0.324 e. The van der Waals surface area contributed by atoms with Crippen LogP contribution >= 0.6 is 0 Å². The molecule has 0 atom stereocenters. The van der Waals surface area contributed by atoms with Gasteiger partial charge in [-0.25, -0.2) is 15.2 Å². The Labute approximate surface area is 147 Å². The van der Waals surface area contributed by atoms with Crippen LogP contribution in [0.2, 0.25) is 0 Å². The monoisotopic (exact) mass is 355 g/mol. The molecule has 3 aromatic heterocycles. The first-order valence-electron chi connectivity index (χ1n) is 7.82. The van der Waals surface area contributed by atoms with Crippen LogP contribution in [0.5, 0.6) is 0 Å². The lowest BCUT2D eigenvalue weighted by Gasteiger charge is -2.06. The van der Waals surface area contributed by atoms with Crippen LogP contribution in [0.4, 0.5) is 0 Å². The van der Waals surface area contributed by atoms with E-state index in [1.165, 1.54) is 24.2 Å². The number of fused-ring (bicyclic) bond motifs is 1. The summed E-state index contributed by atoms with van der Waals surface area (Å²) < 4.78 is 3.87. The van der Waals surface area contributed by atoms with Crippen LogP contribution in [0.3, 0.4) is 0 Å². The topological polar surface area (TPSA) is 116 Å². The Bertz CT molecular complexity index is 1090. The van der Waals surface area contributed by atoms with Crippen LogP contribution in [0.15, 0.2) is 45.5 Å². The van der Waals surface area contributed by atoms with E-state index in [2.05, 4.69) is 20.5 Å². The summed E-state index contributed by atoms with van der Waals surface area (Å²) in [6, 6.07) is 3.51. The molecule has 0 saturated carbocycles. The summed E-state index contributed by atoms with van der Waals surface area (Å²) in [5.41, 5.74) is 2.91. The summed E-state index contributed by atoms with van der Waals surface area (Å²) in [6.07, 6.45) is 6.31. The highest BCUT2D eigenvalue weighted by atomic mass is 16.2. The van der Waals surface area contributed by atoms with E-state index in [0.717, 1.165) is 10.1 Å². The Balaban J connectivity index is 1.70. The third-order valence-electron chi connectivity index (χ3n) is 3.91. The first-order valence-corrected chi connectivity index (χ1v) is 7.82. The predicted octanol–water partition coefficient (Wildman–Crippen LogP) is -0.631. The van der Waals surface area contributed by atoms with E-state index in [-0.39, 0.29) is 30.0 Å². The molecule has 0 fully saturated rings. The number of pyridine rings is 1. The van der Waals surface area contributed by atoms with E-state index in [1.807, 2.05) is 0 Å². The first kappa shape index (κ1) is 17.3. The number of nitrogens with one attached hydrogen (secondary N) is 1. The summed E-state index contributed by atoms with van der Waals surface area (Å²) in [5.74, 6) is -0.307. The van der Waals surface area contributed by atoms with Crippen molar-refractivity contribution >= 4 is 23.3 Å². The zero-order valence-corrected chi connectivity index (χ0v) is 14.3. The van der Waals surface area contributed by atoms with Crippen molar-refractivity contribution < 1.29 is 4.79 Å². The lowest BCUT2D eigenvalue weighted by molar-refractivity contribution is -0.121. The molecule has 0 saturated heterocycles. The van der Waals surface area contributed by atoms with Crippen molar-refractivity contribution in [3.05, 3.63) is 57.3 Å². The molecular formula is C16H17N7O3. The molecule has 3 aromatic rings. The van der Waals surface area contributed by atoms with Gasteiger partial charge in [-0.15, -0.1) is 0 Å². The average molecular weight is 355 g/mol. The van der Waals surface area contributed by atoms with Crippen molar-refractivity contribution in [1.82, 2.24) is 29.1 Å². The van der Waals surface area contributed by atoms with Gasteiger partial charge in [-0.05, 0) is 17.7 Å². The van der Waals surface area contributed by atoms with Gasteiger partial charge in [0.25, 0.3) is 5.56 Å². The highest BCUT2D eigenvalue weighted by Gasteiger charge is 2.14. The molecule has 0 unspecified atom stereocenters. The Morgan fingerprint density at radius 3 is 2.69 bits per heavy atom. The fraction of sp³-hybridized carbons (Fsp3) is 0.250. The maximum Gasteiger partial charge on any atom is 0.332 e. The number of amides is 1. The molecule has 10 heteroatoms. The fourth-order valence-corrected chi connectivity index (χ4v) is 2.47. The molecule has 0 spiro atoms. The van der Waals surface area contributed by atoms with Crippen molar-refractivity contribution in [1.29, 1.82) is 0 Å². The second-order valence-corrected chi connectivity index (χ2v) is 5.64. The zero-order valence-electron chi connectivity index (χ0n) is 14.3. The first-order chi connectivity index (χ1) is 12.5. The van der Waals surface area contributed by atoms with Crippen LogP contribution in [0.25, 0.3) is 11.2 Å². The number of aromatic nitrogens is 5. The van der Waals surface area contributed by atoms with Crippen molar-refractivity contribution in [2.24, 2.45) is 19.2 Å². The third-order valence-corrected chi connectivity index (χ3v) is 3.91. The maximum atomic E-state index is 12.3. The van der Waals surface area contributed by atoms with E-state index >= 15 is 0 Å². The minimum absolute atomic E-state index is 0.102. The van der Waals surface area contributed by atoms with E-state index in [1.54, 1.807) is 36.1 Å². The van der Waals surface area contributed by atoms with Crippen LogP contribution in [-0.2, 0) is 25.4 Å². The number of hydrogen-bond donors (Lipinski definition) is 1. The summed E-state index contributed by atoms with van der Waals surface area (Å²) in [6.45, 7) is 0.237. The number of aryl methyl sites for hydroxylation is 2. The zero-order chi connectivity index (χ0) is 18.7. The number of carbonyl (C=O) groups excluding carboxylic acids is 1. The molecule has 0 aliphatic carbocycles. The van der Waals surface area contributed by atoms with Gasteiger partial charge in [0.15, 0.2) is 11.2 Å². The molecule has 0 aromatic carbocycles. The molecule has 0 radical (unpaired) electrons. The molecule has 1 N–H and O–H groups in total. The molecule has 1 amide bonds. The number of carbonyl (C=O) groups is 1. The van der Waals surface area contributed by atoms with Gasteiger partial charge < -0.3 is 4.57 Å². The lowest BCUT2D eigenvalue weighted by atomic mass is 10.3. The molecule has 3 rings (SSSR count). The van der Waals surface area contributed by atoms with E-state index in [0.29, 0.717) is 0 Å². The molecule has 3 heterocycles. The molecule has 26 heavy (non-hydrogen) atoms. The number of hydrogen-bond acceptors (Lipinski definition) is 6. The second kappa shape index (κ2) is 7.13. The van der Waals surface area contributed by atoms with Crippen molar-refractivity contribution in [2.75, 3.05) is 0 Å². The van der Waals surface area contributed by atoms with E-state index < -0.39 is 11.2 Å². The molecule has 0 bridgehead atoms. The summed E-state index contributed by atoms with van der Waals surface area (Å²) in [5, 5.41) is 3.87. The number of rotatable bonds is 5. The molecule has 0 aliphatic heterocycles. The van der Waals surface area contributed by atoms with Crippen molar-refractivity contribution in [3.63, 3.8) is 0 Å². The normalized spacial score (nSPS) is 11.3. The van der Waals surface area contributed by atoms with Crippen LogP contribution in [0.1, 0.15) is 12.0 Å².